The van der Waals surface area contributed by atoms with Gasteiger partial charge in [0.2, 0.25) is 11.8 Å². The molecule has 3 rings (SSSR count). The van der Waals surface area contributed by atoms with E-state index in [9.17, 15) is 18.0 Å². The summed E-state index contributed by atoms with van der Waals surface area (Å²) in [6.07, 6.45) is 0.705. The van der Waals surface area contributed by atoms with Gasteiger partial charge in [-0.25, -0.2) is 8.42 Å². The molecule has 0 aromatic heterocycles. The molecule has 0 fully saturated rings. The molecule has 0 saturated heterocycles. The monoisotopic (exact) mass is 609 g/mol. The summed E-state index contributed by atoms with van der Waals surface area (Å²) in [6.45, 7) is 4.80. The molecule has 0 aliphatic rings. The first-order valence-corrected chi connectivity index (χ1v) is 14.9. The lowest BCUT2D eigenvalue weighted by Crippen LogP contribution is -2.52. The van der Waals surface area contributed by atoms with Gasteiger partial charge in [-0.2, -0.15) is 0 Å². The molecule has 0 aliphatic heterocycles. The number of amides is 2. The number of nitrogens with one attached hydrogen (secondary N) is 1. The fourth-order valence-corrected chi connectivity index (χ4v) is 5.88. The van der Waals surface area contributed by atoms with Gasteiger partial charge < -0.3 is 10.2 Å². The fourth-order valence-electron chi connectivity index (χ4n) is 3.79. The smallest absolute Gasteiger partial charge is 0.264 e. The van der Waals surface area contributed by atoms with Crippen molar-refractivity contribution < 1.29 is 18.0 Å². The van der Waals surface area contributed by atoms with Gasteiger partial charge in [0.15, 0.2) is 0 Å². The molecule has 0 saturated carbocycles. The maximum atomic E-state index is 13.9. The molecule has 11 heteroatoms. The summed E-state index contributed by atoms with van der Waals surface area (Å²) in [5, 5.41) is 3.69. The third kappa shape index (κ3) is 7.88. The number of nitrogens with zero attached hydrogens (tertiary/aromatic N) is 2. The van der Waals surface area contributed by atoms with Crippen molar-refractivity contribution in [1.82, 2.24) is 10.2 Å². The molecule has 0 unspecified atom stereocenters. The lowest BCUT2D eigenvalue weighted by molar-refractivity contribution is -0.139. The third-order valence-corrected chi connectivity index (χ3v) is 8.76. The molecular weight excluding hydrogens is 581 g/mol. The van der Waals surface area contributed by atoms with E-state index < -0.39 is 28.5 Å². The Morgan fingerprint density at radius 2 is 1.56 bits per heavy atom. The molecule has 7 nitrogen and oxygen atoms in total. The van der Waals surface area contributed by atoms with E-state index in [1.165, 1.54) is 35.2 Å². The van der Waals surface area contributed by atoms with Crippen molar-refractivity contribution in [2.75, 3.05) is 10.8 Å². The summed E-state index contributed by atoms with van der Waals surface area (Å²) in [4.78, 5) is 28.3. The van der Waals surface area contributed by atoms with Crippen molar-refractivity contribution in [3.63, 3.8) is 0 Å². The maximum absolute atomic E-state index is 13.9. The van der Waals surface area contributed by atoms with E-state index in [4.69, 9.17) is 34.8 Å². The Kier molecular flexibility index (Phi) is 10.7. The van der Waals surface area contributed by atoms with Crippen LogP contribution >= 0.6 is 34.8 Å². The molecule has 0 spiro atoms. The van der Waals surface area contributed by atoms with Gasteiger partial charge in [-0.1, -0.05) is 72.1 Å². The van der Waals surface area contributed by atoms with Gasteiger partial charge in [0, 0.05) is 22.6 Å². The van der Waals surface area contributed by atoms with Gasteiger partial charge in [0.05, 0.1) is 15.6 Å². The summed E-state index contributed by atoms with van der Waals surface area (Å²) < 4.78 is 28.5. The number of hydrogen-bond acceptors (Lipinski definition) is 4. The summed E-state index contributed by atoms with van der Waals surface area (Å²) in [5.74, 6) is -0.977. The van der Waals surface area contributed by atoms with Crippen LogP contribution in [0.25, 0.3) is 0 Å². The molecule has 0 radical (unpaired) electrons. The highest BCUT2D eigenvalue weighted by Gasteiger charge is 2.33. The zero-order chi connectivity index (χ0) is 28.7. The maximum Gasteiger partial charge on any atom is 0.264 e. The van der Waals surface area contributed by atoms with E-state index in [0.717, 1.165) is 4.31 Å². The molecule has 0 aliphatic carbocycles. The van der Waals surface area contributed by atoms with Crippen LogP contribution in [0, 0.1) is 0 Å². The molecule has 1 N–H and O–H groups in total. The van der Waals surface area contributed by atoms with Gasteiger partial charge >= 0.3 is 0 Å². The quantitative estimate of drug-likeness (QED) is 0.281. The van der Waals surface area contributed by atoms with Crippen molar-refractivity contribution in [2.24, 2.45) is 0 Å². The van der Waals surface area contributed by atoms with Gasteiger partial charge in [-0.15, -0.1) is 0 Å². The average Bonchev–Trinajstić information content (AvgIpc) is 2.91. The minimum Gasteiger partial charge on any atom is -0.352 e. The molecule has 39 heavy (non-hydrogen) atoms. The van der Waals surface area contributed by atoms with Crippen molar-refractivity contribution in [3.8, 4) is 0 Å². The second-order valence-corrected chi connectivity index (χ2v) is 12.2. The van der Waals surface area contributed by atoms with Crippen LogP contribution in [0.4, 0.5) is 5.69 Å². The summed E-state index contributed by atoms with van der Waals surface area (Å²) in [7, 11) is -4.25. The lowest BCUT2D eigenvalue weighted by atomic mass is 10.1. The first-order valence-electron chi connectivity index (χ1n) is 12.3. The summed E-state index contributed by atoms with van der Waals surface area (Å²) in [6, 6.07) is 18.0. The van der Waals surface area contributed by atoms with E-state index in [2.05, 4.69) is 5.32 Å². The second kappa shape index (κ2) is 13.5. The predicted molar refractivity (Wildman–Crippen MR) is 157 cm³/mol. The number of carbonyl (C=O) groups is 2. The van der Waals surface area contributed by atoms with Crippen LogP contribution < -0.4 is 9.62 Å². The first kappa shape index (κ1) is 30.8. The van der Waals surface area contributed by atoms with Crippen LogP contribution in [0.2, 0.25) is 15.1 Å². The molecule has 0 bridgehead atoms. The molecule has 2 atom stereocenters. The zero-order valence-corrected chi connectivity index (χ0v) is 24.9. The van der Waals surface area contributed by atoms with E-state index in [-0.39, 0.29) is 39.1 Å². The highest BCUT2D eigenvalue weighted by Crippen LogP contribution is 2.33. The zero-order valence-electron chi connectivity index (χ0n) is 21.8. The topological polar surface area (TPSA) is 86.8 Å². The number of rotatable bonds is 11. The molecule has 3 aromatic rings. The van der Waals surface area contributed by atoms with Crippen LogP contribution in [-0.4, -0.2) is 43.8 Å². The van der Waals surface area contributed by atoms with Crippen LogP contribution in [0.1, 0.15) is 32.8 Å². The summed E-state index contributed by atoms with van der Waals surface area (Å²) in [5.41, 5.74) is 0.720. The van der Waals surface area contributed by atoms with Gasteiger partial charge in [0.25, 0.3) is 10.0 Å². The largest absolute Gasteiger partial charge is 0.352 e. The highest BCUT2D eigenvalue weighted by atomic mass is 35.5. The van der Waals surface area contributed by atoms with Crippen molar-refractivity contribution in [1.29, 1.82) is 0 Å². The normalized spacial score (nSPS) is 12.9. The van der Waals surface area contributed by atoms with E-state index in [0.29, 0.717) is 17.0 Å². The molecule has 208 valence electrons. The molecular formula is C28H30Cl3N3O4S. The molecule has 2 amide bonds. The summed E-state index contributed by atoms with van der Waals surface area (Å²) >= 11 is 18.8. The fraction of sp³-hybridized carbons (Fsp3) is 0.286. The minimum absolute atomic E-state index is 0.0248. The average molecular weight is 611 g/mol. The number of sulfonamides is 1. The van der Waals surface area contributed by atoms with Crippen LogP contribution in [0.5, 0.6) is 0 Å². The molecule has 0 heterocycles. The number of hydrogen-bond donors (Lipinski definition) is 1. The standard InChI is InChI=1S/C28H30Cl3N3O4S/c1-4-19(2)32-28(36)20(3)33(17-21-9-8-10-22(29)15-21)27(35)18-34(26-16-23(30)13-14-25(26)31)39(37,38)24-11-6-5-7-12-24/h5-16,19-20H,4,17-18H2,1-3H3,(H,32,36)/t19-,20+/m1/s1. The van der Waals surface area contributed by atoms with Crippen LogP contribution in [0.3, 0.4) is 0 Å². The lowest BCUT2D eigenvalue weighted by Gasteiger charge is -2.32. The van der Waals surface area contributed by atoms with Gasteiger partial charge in [-0.3, -0.25) is 13.9 Å². The predicted octanol–water partition coefficient (Wildman–Crippen LogP) is 6.17. The van der Waals surface area contributed by atoms with E-state index in [1.807, 2.05) is 13.8 Å². The van der Waals surface area contributed by atoms with Gasteiger partial charge in [0.1, 0.15) is 12.6 Å². The van der Waals surface area contributed by atoms with Crippen molar-refractivity contribution >= 4 is 62.3 Å². The van der Waals surface area contributed by atoms with Crippen LogP contribution in [0.15, 0.2) is 77.7 Å². The van der Waals surface area contributed by atoms with Crippen LogP contribution in [-0.2, 0) is 26.2 Å². The Hall–Kier alpha value is -2.78. The van der Waals surface area contributed by atoms with E-state index in [1.54, 1.807) is 49.4 Å². The van der Waals surface area contributed by atoms with Crippen molar-refractivity contribution in [3.05, 3.63) is 93.4 Å². The Balaban J connectivity index is 2.06. The number of anilines is 1. The Bertz CT molecular complexity index is 1420. The third-order valence-electron chi connectivity index (χ3n) is 6.20. The Morgan fingerprint density at radius 1 is 0.897 bits per heavy atom. The number of carbonyl (C=O) groups excluding carboxylic acids is 2. The first-order chi connectivity index (χ1) is 18.4. The highest BCUT2D eigenvalue weighted by molar-refractivity contribution is 7.92. The number of benzene rings is 3. The van der Waals surface area contributed by atoms with E-state index >= 15 is 0 Å². The number of halogens is 3. The van der Waals surface area contributed by atoms with Gasteiger partial charge in [-0.05, 0) is 68.3 Å². The Morgan fingerprint density at radius 3 is 2.21 bits per heavy atom. The molecule has 3 aromatic carbocycles. The van der Waals surface area contributed by atoms with Crippen molar-refractivity contribution in [2.45, 2.75) is 50.7 Å². The minimum atomic E-state index is -4.25. The Labute approximate surface area is 244 Å². The second-order valence-electron chi connectivity index (χ2n) is 9.07. The SMILES string of the molecule is CC[C@@H](C)NC(=O)[C@H](C)N(Cc1cccc(Cl)c1)C(=O)CN(c1cc(Cl)ccc1Cl)S(=O)(=O)c1ccccc1.